The number of nitrogens with zero attached hydrogens (tertiary/aromatic N) is 3. The lowest BCUT2D eigenvalue weighted by molar-refractivity contribution is -0.137. The molecule has 4 nitrogen and oxygen atoms in total. The molecule has 3 aromatic rings. The van der Waals surface area contributed by atoms with Crippen molar-refractivity contribution in [1.29, 1.82) is 5.26 Å². The first-order valence-electron chi connectivity index (χ1n) is 9.54. The van der Waals surface area contributed by atoms with Crippen LogP contribution in [0.2, 0.25) is 0 Å². The highest BCUT2D eigenvalue weighted by Gasteiger charge is 2.36. The van der Waals surface area contributed by atoms with Crippen LogP contribution in [0.15, 0.2) is 60.7 Å². The van der Waals surface area contributed by atoms with Gasteiger partial charge in [0, 0.05) is 18.7 Å². The maximum atomic E-state index is 13.4. The van der Waals surface area contributed by atoms with Crippen LogP contribution >= 0.6 is 12.2 Å². The molecule has 31 heavy (non-hydrogen) atoms. The number of hydrogen-bond acceptors (Lipinski definition) is 3. The first kappa shape index (κ1) is 20.8. The number of nitriles is 1. The van der Waals surface area contributed by atoms with Crippen LogP contribution in [-0.2, 0) is 11.0 Å². The van der Waals surface area contributed by atoms with Crippen LogP contribution in [0.4, 0.5) is 24.5 Å². The summed E-state index contributed by atoms with van der Waals surface area (Å²) in [7, 11) is 0. The Morgan fingerprint density at radius 3 is 2.39 bits per heavy atom. The van der Waals surface area contributed by atoms with E-state index in [9.17, 15) is 18.0 Å². The topological polar surface area (TPSA) is 47.3 Å². The maximum absolute atomic E-state index is 13.4. The summed E-state index contributed by atoms with van der Waals surface area (Å²) in [5.41, 5.74) is -0.845. The molecular weight excluding hydrogens is 423 g/mol. The van der Waals surface area contributed by atoms with Gasteiger partial charge in [-0.25, -0.2) is 0 Å². The van der Waals surface area contributed by atoms with Gasteiger partial charge in [-0.3, -0.25) is 9.69 Å². The number of amides is 1. The molecule has 1 saturated heterocycles. The molecular formula is C23H16F3N3OS. The highest BCUT2D eigenvalue weighted by molar-refractivity contribution is 7.81. The fourth-order valence-electron chi connectivity index (χ4n) is 3.67. The summed E-state index contributed by atoms with van der Waals surface area (Å²) in [5.74, 6) is -0.383. The zero-order chi connectivity index (χ0) is 22.2. The molecule has 1 aliphatic heterocycles. The van der Waals surface area contributed by atoms with E-state index in [0.717, 1.165) is 33.5 Å². The fourth-order valence-corrected chi connectivity index (χ4v) is 4.07. The summed E-state index contributed by atoms with van der Waals surface area (Å²) in [6, 6.07) is 18.3. The molecule has 1 heterocycles. The number of carbonyl (C=O) groups is 1. The third-order valence-electron chi connectivity index (χ3n) is 5.18. The molecule has 0 saturated carbocycles. The van der Waals surface area contributed by atoms with Crippen molar-refractivity contribution in [2.75, 3.05) is 16.3 Å². The van der Waals surface area contributed by atoms with Crippen molar-refractivity contribution < 1.29 is 18.0 Å². The molecule has 0 aromatic heterocycles. The minimum absolute atomic E-state index is 0.00554. The first-order chi connectivity index (χ1) is 14.8. The van der Waals surface area contributed by atoms with Crippen LogP contribution in [0, 0.1) is 11.3 Å². The second-order valence-corrected chi connectivity index (χ2v) is 7.50. The average molecular weight is 439 g/mol. The van der Waals surface area contributed by atoms with E-state index in [1.54, 1.807) is 11.0 Å². The van der Waals surface area contributed by atoms with Gasteiger partial charge in [0.05, 0.1) is 22.9 Å². The molecule has 1 aliphatic rings. The van der Waals surface area contributed by atoms with Crippen LogP contribution in [0.1, 0.15) is 24.0 Å². The quantitative estimate of drug-likeness (QED) is 0.484. The summed E-state index contributed by atoms with van der Waals surface area (Å²) in [4.78, 5) is 15.7. The Morgan fingerprint density at radius 2 is 1.68 bits per heavy atom. The molecule has 1 amide bonds. The van der Waals surface area contributed by atoms with E-state index < -0.39 is 17.3 Å². The van der Waals surface area contributed by atoms with E-state index in [4.69, 9.17) is 17.5 Å². The molecule has 3 aromatic carbocycles. The molecule has 0 bridgehead atoms. The Balaban J connectivity index is 1.78. The molecule has 0 N–H and O–H groups in total. The van der Waals surface area contributed by atoms with Gasteiger partial charge in [-0.05, 0) is 59.7 Å². The molecule has 0 spiro atoms. The van der Waals surface area contributed by atoms with Gasteiger partial charge in [0.1, 0.15) is 0 Å². The van der Waals surface area contributed by atoms with E-state index >= 15 is 0 Å². The number of halogens is 3. The van der Waals surface area contributed by atoms with Crippen molar-refractivity contribution in [3.8, 4) is 6.07 Å². The normalized spacial score (nSPS) is 15.2. The molecule has 0 atom stereocenters. The minimum atomic E-state index is -4.73. The number of rotatable bonds is 2. The van der Waals surface area contributed by atoms with Crippen molar-refractivity contribution in [2.24, 2.45) is 0 Å². The molecule has 156 valence electrons. The largest absolute Gasteiger partial charge is 0.417 e. The van der Waals surface area contributed by atoms with Gasteiger partial charge in [-0.15, -0.1) is 0 Å². The SMILES string of the molecule is N#Cc1ccc(N2C(=O)CCCN(c3ccc4ccccc4c3)C2=S)cc1C(F)(F)F. The number of carbonyl (C=O) groups excluding carboxylic acids is 1. The molecule has 0 unspecified atom stereocenters. The van der Waals surface area contributed by atoms with Crippen LogP contribution < -0.4 is 9.80 Å². The average Bonchev–Trinajstić information content (AvgIpc) is 2.90. The summed E-state index contributed by atoms with van der Waals surface area (Å²) in [6.45, 7) is 0.460. The van der Waals surface area contributed by atoms with Crippen LogP contribution in [0.25, 0.3) is 10.8 Å². The summed E-state index contributed by atoms with van der Waals surface area (Å²) in [5, 5.41) is 11.2. The van der Waals surface area contributed by atoms with Gasteiger partial charge in [0.25, 0.3) is 0 Å². The van der Waals surface area contributed by atoms with E-state index in [-0.39, 0.29) is 23.1 Å². The number of fused-ring (bicyclic) bond motifs is 1. The van der Waals surface area contributed by atoms with E-state index in [1.807, 2.05) is 42.5 Å². The minimum Gasteiger partial charge on any atom is -0.318 e. The predicted octanol–water partition coefficient (Wildman–Crippen LogP) is 5.65. The van der Waals surface area contributed by atoms with Crippen molar-refractivity contribution in [2.45, 2.75) is 19.0 Å². The predicted molar refractivity (Wildman–Crippen MR) is 117 cm³/mol. The second kappa shape index (κ2) is 8.00. The Labute approximate surface area is 182 Å². The number of thiocarbonyl (C=S) groups is 1. The third kappa shape index (κ3) is 3.97. The van der Waals surface area contributed by atoms with Crippen LogP contribution in [-0.4, -0.2) is 17.6 Å². The Morgan fingerprint density at radius 1 is 0.968 bits per heavy atom. The van der Waals surface area contributed by atoms with Gasteiger partial charge in [0.2, 0.25) is 5.91 Å². The Hall–Kier alpha value is -3.44. The maximum Gasteiger partial charge on any atom is 0.417 e. The molecule has 0 radical (unpaired) electrons. The highest BCUT2D eigenvalue weighted by Crippen LogP contribution is 2.36. The zero-order valence-electron chi connectivity index (χ0n) is 16.2. The van der Waals surface area contributed by atoms with Crippen molar-refractivity contribution >= 4 is 45.4 Å². The van der Waals surface area contributed by atoms with Gasteiger partial charge in [-0.2, -0.15) is 18.4 Å². The smallest absolute Gasteiger partial charge is 0.318 e. The number of alkyl halides is 3. The van der Waals surface area contributed by atoms with Crippen molar-refractivity contribution in [3.63, 3.8) is 0 Å². The Bertz CT molecular complexity index is 1230. The van der Waals surface area contributed by atoms with Gasteiger partial charge in [0.15, 0.2) is 5.11 Å². The third-order valence-corrected chi connectivity index (χ3v) is 5.58. The highest BCUT2D eigenvalue weighted by atomic mass is 32.1. The lowest BCUT2D eigenvalue weighted by Crippen LogP contribution is -2.44. The summed E-state index contributed by atoms with van der Waals surface area (Å²) >= 11 is 5.58. The van der Waals surface area contributed by atoms with E-state index in [0.29, 0.717) is 13.0 Å². The molecule has 4 rings (SSSR count). The standard InChI is InChI=1S/C23H16F3N3OS/c24-23(25,26)20-13-19(10-8-17(20)14-27)29-21(30)6-3-11-28(22(29)31)18-9-7-15-4-1-2-5-16(15)12-18/h1-2,4-5,7-10,12-13H,3,6,11H2. The van der Waals surface area contributed by atoms with Crippen molar-refractivity contribution in [1.82, 2.24) is 0 Å². The lowest BCUT2D eigenvalue weighted by Gasteiger charge is -2.30. The fraction of sp³-hybridized carbons (Fsp3) is 0.174. The first-order valence-corrected chi connectivity index (χ1v) is 9.95. The Kier molecular flexibility index (Phi) is 5.38. The van der Waals surface area contributed by atoms with E-state index in [1.165, 1.54) is 6.07 Å². The zero-order valence-corrected chi connectivity index (χ0v) is 17.0. The number of anilines is 2. The lowest BCUT2D eigenvalue weighted by atomic mass is 10.1. The number of benzene rings is 3. The number of hydrogen-bond donors (Lipinski definition) is 0. The monoisotopic (exact) mass is 439 g/mol. The molecule has 8 heteroatoms. The molecule has 1 fully saturated rings. The summed E-state index contributed by atoms with van der Waals surface area (Å²) in [6.07, 6.45) is -4.08. The van der Waals surface area contributed by atoms with Gasteiger partial charge < -0.3 is 4.90 Å². The van der Waals surface area contributed by atoms with E-state index in [2.05, 4.69) is 0 Å². The van der Waals surface area contributed by atoms with Crippen LogP contribution in [0.3, 0.4) is 0 Å². The second-order valence-electron chi connectivity index (χ2n) is 7.14. The summed E-state index contributed by atoms with van der Waals surface area (Å²) < 4.78 is 40.3. The van der Waals surface area contributed by atoms with Gasteiger partial charge in [-0.1, -0.05) is 30.3 Å². The van der Waals surface area contributed by atoms with Crippen LogP contribution in [0.5, 0.6) is 0 Å². The van der Waals surface area contributed by atoms with Crippen molar-refractivity contribution in [3.05, 3.63) is 71.8 Å². The molecule has 0 aliphatic carbocycles. The van der Waals surface area contributed by atoms with Gasteiger partial charge >= 0.3 is 6.18 Å².